The van der Waals surface area contributed by atoms with Crippen LogP contribution in [0.1, 0.15) is 32.1 Å². The van der Waals surface area contributed by atoms with Crippen LogP contribution in [0, 0.1) is 5.92 Å². The Morgan fingerprint density at radius 3 is 2.45 bits per heavy atom. The first kappa shape index (κ1) is 15.3. The Balaban J connectivity index is 1.49. The fourth-order valence-electron chi connectivity index (χ4n) is 3.88. The molecule has 0 radical (unpaired) electrons. The Labute approximate surface area is 132 Å². The van der Waals surface area contributed by atoms with Crippen molar-refractivity contribution in [3.63, 3.8) is 0 Å². The number of fused-ring (bicyclic) bond motifs is 2. The molecule has 22 heavy (non-hydrogen) atoms. The molecule has 2 aliphatic heterocycles. The average Bonchev–Trinajstić information content (AvgIpc) is 2.76. The number of ether oxygens (including phenoxy) is 2. The van der Waals surface area contributed by atoms with Gasteiger partial charge in [-0.25, -0.2) is 0 Å². The van der Waals surface area contributed by atoms with Crippen molar-refractivity contribution in [3.05, 3.63) is 24.3 Å². The summed E-state index contributed by atoms with van der Waals surface area (Å²) in [6.07, 6.45) is 5.05. The van der Waals surface area contributed by atoms with Crippen LogP contribution in [-0.4, -0.2) is 43.5 Å². The minimum atomic E-state index is 0.231. The Hall–Kier alpha value is -1.55. The number of hydrogen-bond donors (Lipinski definition) is 0. The molecule has 0 aliphatic carbocycles. The predicted octanol–water partition coefficient (Wildman–Crippen LogP) is 2.91. The monoisotopic (exact) mass is 303 g/mol. The summed E-state index contributed by atoms with van der Waals surface area (Å²) in [4.78, 5) is 14.9. The van der Waals surface area contributed by atoms with Crippen molar-refractivity contribution in [2.45, 2.75) is 44.2 Å². The highest BCUT2D eigenvalue weighted by Crippen LogP contribution is 2.38. The molecule has 2 unspecified atom stereocenters. The van der Waals surface area contributed by atoms with Gasteiger partial charge in [0.25, 0.3) is 0 Å². The maximum Gasteiger partial charge on any atom is 0.161 e. The molecule has 4 nitrogen and oxygen atoms in total. The number of ketones is 1. The standard InChI is InChI=1S/C18H25NO3/c1-19-14-7-8-15(19)12-13(11-14)16(20)9-10-22-18-6-4-3-5-17(18)21-2/h3-6,13-15H,7-12H2,1-2H3. The molecule has 0 N–H and O–H groups in total. The smallest absolute Gasteiger partial charge is 0.161 e. The number of nitrogens with zero attached hydrogens (tertiary/aromatic N) is 1. The zero-order valence-electron chi connectivity index (χ0n) is 13.5. The number of carbonyl (C=O) groups is 1. The summed E-state index contributed by atoms with van der Waals surface area (Å²) in [5.74, 6) is 2.02. The molecule has 1 aromatic rings. The lowest BCUT2D eigenvalue weighted by molar-refractivity contribution is -0.125. The van der Waals surface area contributed by atoms with Crippen molar-refractivity contribution < 1.29 is 14.3 Å². The van der Waals surface area contributed by atoms with E-state index in [2.05, 4.69) is 11.9 Å². The van der Waals surface area contributed by atoms with E-state index in [0.717, 1.165) is 12.8 Å². The maximum atomic E-state index is 12.4. The molecule has 2 saturated heterocycles. The van der Waals surface area contributed by atoms with Gasteiger partial charge >= 0.3 is 0 Å². The topological polar surface area (TPSA) is 38.8 Å². The second-order valence-corrected chi connectivity index (χ2v) is 6.43. The second kappa shape index (κ2) is 6.69. The molecule has 2 atom stereocenters. The van der Waals surface area contributed by atoms with Crippen LogP contribution in [0.3, 0.4) is 0 Å². The normalized spacial score (nSPS) is 27.6. The van der Waals surface area contributed by atoms with Gasteiger partial charge in [-0.3, -0.25) is 4.79 Å². The number of para-hydroxylation sites is 2. The van der Waals surface area contributed by atoms with Gasteiger partial charge in [0.2, 0.25) is 0 Å². The van der Waals surface area contributed by atoms with E-state index in [0.29, 0.717) is 42.4 Å². The second-order valence-electron chi connectivity index (χ2n) is 6.43. The van der Waals surface area contributed by atoms with Crippen molar-refractivity contribution in [2.24, 2.45) is 5.92 Å². The zero-order valence-corrected chi connectivity index (χ0v) is 13.5. The Morgan fingerprint density at radius 2 is 1.82 bits per heavy atom. The molecule has 0 spiro atoms. The summed E-state index contributed by atoms with van der Waals surface area (Å²) in [5, 5.41) is 0. The highest BCUT2D eigenvalue weighted by atomic mass is 16.5. The van der Waals surface area contributed by atoms with Crippen LogP contribution >= 0.6 is 0 Å². The van der Waals surface area contributed by atoms with Crippen molar-refractivity contribution >= 4 is 5.78 Å². The number of benzene rings is 1. The summed E-state index contributed by atoms with van der Waals surface area (Å²) in [7, 11) is 3.83. The molecule has 4 heteroatoms. The van der Waals surface area contributed by atoms with Gasteiger partial charge in [-0.15, -0.1) is 0 Å². The molecule has 120 valence electrons. The molecular formula is C18H25NO3. The van der Waals surface area contributed by atoms with Crippen LogP contribution < -0.4 is 9.47 Å². The number of carbonyl (C=O) groups excluding carboxylic acids is 1. The Kier molecular flexibility index (Phi) is 4.67. The van der Waals surface area contributed by atoms with E-state index in [1.54, 1.807) is 7.11 Å². The first-order valence-electron chi connectivity index (χ1n) is 8.19. The van der Waals surface area contributed by atoms with Crippen molar-refractivity contribution in [1.82, 2.24) is 4.90 Å². The van der Waals surface area contributed by atoms with Crippen LogP contribution in [0.5, 0.6) is 11.5 Å². The Bertz CT molecular complexity index is 517. The van der Waals surface area contributed by atoms with Crippen LogP contribution in [0.15, 0.2) is 24.3 Å². The number of hydrogen-bond acceptors (Lipinski definition) is 4. The average molecular weight is 303 g/mol. The highest BCUT2D eigenvalue weighted by molar-refractivity contribution is 5.81. The Morgan fingerprint density at radius 1 is 1.18 bits per heavy atom. The fraction of sp³-hybridized carbons (Fsp3) is 0.611. The largest absolute Gasteiger partial charge is 0.493 e. The third kappa shape index (κ3) is 3.12. The van der Waals surface area contributed by atoms with E-state index in [1.807, 2.05) is 24.3 Å². The molecule has 2 bridgehead atoms. The molecule has 3 rings (SSSR count). The van der Waals surface area contributed by atoms with E-state index in [9.17, 15) is 4.79 Å². The quantitative estimate of drug-likeness (QED) is 0.810. The minimum Gasteiger partial charge on any atom is -0.493 e. The van der Waals surface area contributed by atoms with Gasteiger partial charge in [0.1, 0.15) is 5.78 Å². The highest BCUT2D eigenvalue weighted by Gasteiger charge is 2.40. The number of methoxy groups -OCH3 is 1. The van der Waals surface area contributed by atoms with Gasteiger partial charge in [-0.1, -0.05) is 12.1 Å². The van der Waals surface area contributed by atoms with Crippen LogP contribution in [0.2, 0.25) is 0 Å². The molecule has 2 heterocycles. The summed E-state index contributed by atoms with van der Waals surface area (Å²) >= 11 is 0. The third-order valence-electron chi connectivity index (χ3n) is 5.23. The van der Waals surface area contributed by atoms with Gasteiger partial charge < -0.3 is 14.4 Å². The molecule has 2 aliphatic rings. The molecule has 2 fully saturated rings. The fourth-order valence-corrected chi connectivity index (χ4v) is 3.88. The summed E-state index contributed by atoms with van der Waals surface area (Å²) < 4.78 is 11.0. The molecule has 0 aromatic heterocycles. The third-order valence-corrected chi connectivity index (χ3v) is 5.23. The van der Waals surface area contributed by atoms with E-state index >= 15 is 0 Å². The summed E-state index contributed by atoms with van der Waals surface area (Å²) in [5.41, 5.74) is 0. The maximum absolute atomic E-state index is 12.4. The van der Waals surface area contributed by atoms with Crippen LogP contribution in [0.4, 0.5) is 0 Å². The molecule has 0 saturated carbocycles. The van der Waals surface area contributed by atoms with E-state index < -0.39 is 0 Å². The van der Waals surface area contributed by atoms with Gasteiger partial charge in [-0.2, -0.15) is 0 Å². The predicted molar refractivity (Wildman–Crippen MR) is 85.4 cm³/mol. The lowest BCUT2D eigenvalue weighted by Gasteiger charge is -2.35. The first-order chi connectivity index (χ1) is 10.7. The molecular weight excluding hydrogens is 278 g/mol. The van der Waals surface area contributed by atoms with E-state index in [1.165, 1.54) is 12.8 Å². The van der Waals surface area contributed by atoms with Crippen molar-refractivity contribution in [2.75, 3.05) is 20.8 Å². The van der Waals surface area contributed by atoms with Gasteiger partial charge in [-0.05, 0) is 44.9 Å². The lowest BCUT2D eigenvalue weighted by atomic mass is 9.86. The summed E-state index contributed by atoms with van der Waals surface area (Å²) in [6, 6.07) is 8.79. The van der Waals surface area contributed by atoms with Gasteiger partial charge in [0.05, 0.1) is 13.7 Å². The first-order valence-corrected chi connectivity index (χ1v) is 8.19. The van der Waals surface area contributed by atoms with Crippen LogP contribution in [-0.2, 0) is 4.79 Å². The zero-order chi connectivity index (χ0) is 15.5. The summed E-state index contributed by atoms with van der Waals surface area (Å²) in [6.45, 7) is 0.431. The number of Topliss-reactive ketones (excluding diaryl/α,β-unsaturated/α-hetero) is 1. The molecule has 1 aromatic carbocycles. The van der Waals surface area contributed by atoms with Crippen LogP contribution in [0.25, 0.3) is 0 Å². The number of piperidine rings is 1. The van der Waals surface area contributed by atoms with Crippen molar-refractivity contribution in [1.29, 1.82) is 0 Å². The SMILES string of the molecule is COc1ccccc1OCCC(=O)C1CC2CCC(C1)N2C. The lowest BCUT2D eigenvalue weighted by Crippen LogP contribution is -2.42. The number of rotatable bonds is 6. The minimum absolute atomic E-state index is 0.231. The van der Waals surface area contributed by atoms with Gasteiger partial charge in [0.15, 0.2) is 11.5 Å². The molecule has 0 amide bonds. The van der Waals surface area contributed by atoms with E-state index in [4.69, 9.17) is 9.47 Å². The van der Waals surface area contributed by atoms with E-state index in [-0.39, 0.29) is 5.92 Å². The van der Waals surface area contributed by atoms with Gasteiger partial charge in [0, 0.05) is 24.4 Å². The van der Waals surface area contributed by atoms with Crippen molar-refractivity contribution in [3.8, 4) is 11.5 Å².